The van der Waals surface area contributed by atoms with E-state index in [0.717, 1.165) is 32.7 Å². The van der Waals surface area contributed by atoms with E-state index < -0.39 is 5.97 Å². The van der Waals surface area contributed by atoms with Gasteiger partial charge >= 0.3 is 5.97 Å². The van der Waals surface area contributed by atoms with Crippen molar-refractivity contribution in [2.75, 3.05) is 0 Å². The van der Waals surface area contributed by atoms with Gasteiger partial charge in [0.1, 0.15) is 0 Å². The van der Waals surface area contributed by atoms with Crippen molar-refractivity contribution in [2.24, 2.45) is 0 Å². The molecule has 0 heterocycles. The number of benzene rings is 4. The third-order valence-corrected chi connectivity index (χ3v) is 4.20. The molecule has 0 aliphatic carbocycles. The molecule has 4 aromatic rings. The van der Waals surface area contributed by atoms with Gasteiger partial charge in [0.2, 0.25) is 0 Å². The maximum absolute atomic E-state index is 11.7. The largest absolute Gasteiger partial charge is 0.478 e. The summed E-state index contributed by atoms with van der Waals surface area (Å²) in [7, 11) is 0. The van der Waals surface area contributed by atoms with Crippen molar-refractivity contribution >= 4 is 27.5 Å². The van der Waals surface area contributed by atoms with Crippen LogP contribution in [0.1, 0.15) is 10.4 Å². The molecule has 0 aliphatic rings. The summed E-state index contributed by atoms with van der Waals surface area (Å²) in [6, 6.07) is 25.6. The van der Waals surface area contributed by atoms with Gasteiger partial charge in [-0.3, -0.25) is 0 Å². The van der Waals surface area contributed by atoms with Gasteiger partial charge in [-0.25, -0.2) is 4.79 Å². The van der Waals surface area contributed by atoms with Gasteiger partial charge in [-0.1, -0.05) is 66.7 Å². The van der Waals surface area contributed by atoms with Crippen molar-refractivity contribution in [3.8, 4) is 11.1 Å². The normalized spacial score (nSPS) is 11.0. The van der Waals surface area contributed by atoms with Crippen LogP contribution in [0.5, 0.6) is 0 Å². The Morgan fingerprint density at radius 3 is 2.13 bits per heavy atom. The Hall–Kier alpha value is -3.13. The highest BCUT2D eigenvalue weighted by atomic mass is 16.4. The fourth-order valence-electron chi connectivity index (χ4n) is 3.11. The number of carboxylic acids is 1. The Balaban J connectivity index is 2.09. The molecule has 2 heteroatoms. The minimum atomic E-state index is -0.904. The van der Waals surface area contributed by atoms with E-state index in [0.29, 0.717) is 5.56 Å². The molecule has 0 aromatic heterocycles. The number of hydrogen-bond donors (Lipinski definition) is 1. The molecule has 0 saturated carbocycles. The molecule has 0 aliphatic heterocycles. The second-order valence-corrected chi connectivity index (χ2v) is 5.58. The smallest absolute Gasteiger partial charge is 0.336 e. The van der Waals surface area contributed by atoms with Crippen LogP contribution in [0, 0.1) is 0 Å². The number of carbonyl (C=O) groups is 1. The van der Waals surface area contributed by atoms with Crippen molar-refractivity contribution in [2.45, 2.75) is 0 Å². The van der Waals surface area contributed by atoms with Crippen molar-refractivity contribution in [3.63, 3.8) is 0 Å². The highest BCUT2D eigenvalue weighted by Gasteiger charge is 2.15. The van der Waals surface area contributed by atoms with E-state index >= 15 is 0 Å². The fourth-order valence-corrected chi connectivity index (χ4v) is 3.11. The predicted molar refractivity (Wildman–Crippen MR) is 93.8 cm³/mol. The lowest BCUT2D eigenvalue weighted by Gasteiger charge is -2.12. The molecule has 0 spiro atoms. The van der Waals surface area contributed by atoms with E-state index in [9.17, 15) is 9.90 Å². The van der Waals surface area contributed by atoms with Crippen LogP contribution in [0.15, 0.2) is 78.9 Å². The summed E-state index contributed by atoms with van der Waals surface area (Å²) in [6.45, 7) is 0. The molecule has 0 fully saturated rings. The Labute approximate surface area is 133 Å². The number of aromatic carboxylic acids is 1. The topological polar surface area (TPSA) is 37.3 Å². The number of rotatable bonds is 2. The molecule has 4 aromatic carbocycles. The summed E-state index contributed by atoms with van der Waals surface area (Å²) < 4.78 is 0. The monoisotopic (exact) mass is 298 g/mol. The molecule has 23 heavy (non-hydrogen) atoms. The van der Waals surface area contributed by atoms with Crippen LogP contribution in [0.2, 0.25) is 0 Å². The van der Waals surface area contributed by atoms with Crippen molar-refractivity contribution < 1.29 is 9.90 Å². The average Bonchev–Trinajstić information content (AvgIpc) is 2.60. The average molecular weight is 298 g/mol. The molecule has 110 valence electrons. The molecule has 2 nitrogen and oxygen atoms in total. The SMILES string of the molecule is O=C(O)c1ccc2ccccc2c1-c1ccc2ccccc2c1. The minimum Gasteiger partial charge on any atom is -0.478 e. The maximum Gasteiger partial charge on any atom is 0.336 e. The number of hydrogen-bond acceptors (Lipinski definition) is 1. The molecule has 0 radical (unpaired) electrons. The van der Waals surface area contributed by atoms with Crippen molar-refractivity contribution in [1.29, 1.82) is 0 Å². The van der Waals surface area contributed by atoms with Gasteiger partial charge in [0.05, 0.1) is 5.56 Å². The Bertz CT molecular complexity index is 1050. The summed E-state index contributed by atoms with van der Waals surface area (Å²) in [5.74, 6) is -0.904. The summed E-state index contributed by atoms with van der Waals surface area (Å²) in [4.78, 5) is 11.7. The van der Waals surface area contributed by atoms with Crippen LogP contribution < -0.4 is 0 Å². The van der Waals surface area contributed by atoms with E-state index in [-0.39, 0.29) is 0 Å². The lowest BCUT2D eigenvalue weighted by molar-refractivity contribution is 0.0698. The third kappa shape index (κ3) is 2.25. The lowest BCUT2D eigenvalue weighted by Crippen LogP contribution is -2.00. The highest BCUT2D eigenvalue weighted by molar-refractivity contribution is 6.08. The summed E-state index contributed by atoms with van der Waals surface area (Å²) in [5.41, 5.74) is 2.04. The third-order valence-electron chi connectivity index (χ3n) is 4.20. The van der Waals surface area contributed by atoms with Gasteiger partial charge < -0.3 is 5.11 Å². The van der Waals surface area contributed by atoms with Crippen molar-refractivity contribution in [1.82, 2.24) is 0 Å². The summed E-state index contributed by atoms with van der Waals surface area (Å²) in [6.07, 6.45) is 0. The van der Waals surface area contributed by atoms with E-state index in [1.165, 1.54) is 0 Å². The second-order valence-electron chi connectivity index (χ2n) is 5.58. The molecule has 0 amide bonds. The minimum absolute atomic E-state index is 0.332. The first-order chi connectivity index (χ1) is 11.2. The molecule has 0 saturated heterocycles. The van der Waals surface area contributed by atoms with E-state index in [2.05, 4.69) is 12.1 Å². The standard InChI is InChI=1S/C21H14O2/c22-21(23)19-12-11-15-6-3-4-8-18(15)20(19)17-10-9-14-5-1-2-7-16(14)13-17/h1-13H,(H,22,23). The van der Waals surface area contributed by atoms with Gasteiger partial charge in [-0.2, -0.15) is 0 Å². The van der Waals surface area contributed by atoms with Crippen LogP contribution in [-0.2, 0) is 0 Å². The molecule has 4 rings (SSSR count). The van der Waals surface area contributed by atoms with Crippen LogP contribution in [-0.4, -0.2) is 11.1 Å². The molecular weight excluding hydrogens is 284 g/mol. The van der Waals surface area contributed by atoms with Crippen LogP contribution in [0.4, 0.5) is 0 Å². The maximum atomic E-state index is 11.7. The van der Waals surface area contributed by atoms with Crippen LogP contribution in [0.25, 0.3) is 32.7 Å². The fraction of sp³-hybridized carbons (Fsp3) is 0. The predicted octanol–water partition coefficient (Wildman–Crippen LogP) is 5.36. The zero-order chi connectivity index (χ0) is 15.8. The second kappa shape index (κ2) is 5.25. The Kier molecular flexibility index (Phi) is 3.09. The summed E-state index contributed by atoms with van der Waals surface area (Å²) >= 11 is 0. The Morgan fingerprint density at radius 2 is 1.35 bits per heavy atom. The quantitative estimate of drug-likeness (QED) is 0.541. The van der Waals surface area contributed by atoms with Gasteiger partial charge in [0, 0.05) is 5.56 Å². The zero-order valence-electron chi connectivity index (χ0n) is 12.4. The van der Waals surface area contributed by atoms with Gasteiger partial charge in [0.25, 0.3) is 0 Å². The Morgan fingerprint density at radius 1 is 0.696 bits per heavy atom. The van der Waals surface area contributed by atoms with Crippen LogP contribution in [0.3, 0.4) is 0 Å². The summed E-state index contributed by atoms with van der Waals surface area (Å²) in [5, 5.41) is 13.9. The molecule has 1 N–H and O–H groups in total. The molecular formula is C21H14O2. The van der Waals surface area contributed by atoms with E-state index in [1.54, 1.807) is 6.07 Å². The van der Waals surface area contributed by atoms with E-state index in [4.69, 9.17) is 0 Å². The highest BCUT2D eigenvalue weighted by Crippen LogP contribution is 2.34. The zero-order valence-corrected chi connectivity index (χ0v) is 12.4. The van der Waals surface area contributed by atoms with Gasteiger partial charge in [0.15, 0.2) is 0 Å². The van der Waals surface area contributed by atoms with Gasteiger partial charge in [-0.05, 0) is 39.2 Å². The molecule has 0 bridgehead atoms. The first-order valence-corrected chi connectivity index (χ1v) is 7.48. The van der Waals surface area contributed by atoms with Crippen LogP contribution >= 0.6 is 0 Å². The molecule has 0 atom stereocenters. The first kappa shape index (κ1) is 13.5. The molecule has 0 unspecified atom stereocenters. The number of carboxylic acid groups (broad SMARTS) is 1. The lowest BCUT2D eigenvalue weighted by atomic mass is 9.92. The van der Waals surface area contributed by atoms with Gasteiger partial charge in [-0.15, -0.1) is 0 Å². The van der Waals surface area contributed by atoms with E-state index in [1.807, 2.05) is 60.7 Å². The number of fused-ring (bicyclic) bond motifs is 2. The first-order valence-electron chi connectivity index (χ1n) is 7.48. The van der Waals surface area contributed by atoms with Crippen molar-refractivity contribution in [3.05, 3.63) is 84.4 Å².